The molecular formula is C16H18N2O. The number of hydrogen-bond acceptors (Lipinski definition) is 3. The fourth-order valence-corrected chi connectivity index (χ4v) is 2.62. The van der Waals surface area contributed by atoms with Crippen LogP contribution < -0.4 is 0 Å². The Hall–Kier alpha value is -1.71. The lowest BCUT2D eigenvalue weighted by Crippen LogP contribution is -2.39. The first-order valence-corrected chi connectivity index (χ1v) is 6.72. The van der Waals surface area contributed by atoms with Crippen molar-refractivity contribution in [2.45, 2.75) is 6.04 Å². The number of aromatic nitrogens is 1. The van der Waals surface area contributed by atoms with Crippen molar-refractivity contribution in [2.75, 3.05) is 26.3 Å². The van der Waals surface area contributed by atoms with Crippen LogP contribution in [0.3, 0.4) is 0 Å². The third-order valence-corrected chi connectivity index (χ3v) is 3.53. The lowest BCUT2D eigenvalue weighted by Gasteiger charge is -2.34. The molecule has 1 aromatic carbocycles. The maximum absolute atomic E-state index is 5.46. The number of pyridine rings is 1. The fraction of sp³-hybridized carbons (Fsp3) is 0.312. The first kappa shape index (κ1) is 12.3. The van der Waals surface area contributed by atoms with Gasteiger partial charge in [0.2, 0.25) is 0 Å². The Bertz CT molecular complexity index is 455. The lowest BCUT2D eigenvalue weighted by molar-refractivity contribution is 0.0239. The van der Waals surface area contributed by atoms with Gasteiger partial charge in [-0.3, -0.25) is 9.88 Å². The number of benzene rings is 1. The van der Waals surface area contributed by atoms with Gasteiger partial charge in [0.1, 0.15) is 0 Å². The van der Waals surface area contributed by atoms with E-state index in [-0.39, 0.29) is 6.04 Å². The quantitative estimate of drug-likeness (QED) is 0.841. The number of morpholine rings is 1. The molecule has 1 aliphatic rings. The Balaban J connectivity index is 1.96. The van der Waals surface area contributed by atoms with Crippen LogP contribution in [-0.4, -0.2) is 36.2 Å². The van der Waals surface area contributed by atoms with Gasteiger partial charge >= 0.3 is 0 Å². The Labute approximate surface area is 113 Å². The van der Waals surface area contributed by atoms with Gasteiger partial charge in [-0.1, -0.05) is 36.4 Å². The van der Waals surface area contributed by atoms with Crippen LogP contribution >= 0.6 is 0 Å². The molecule has 0 amide bonds. The molecule has 2 aromatic rings. The van der Waals surface area contributed by atoms with Crippen LogP contribution in [-0.2, 0) is 4.74 Å². The molecule has 1 aliphatic heterocycles. The second-order valence-corrected chi connectivity index (χ2v) is 4.75. The van der Waals surface area contributed by atoms with Gasteiger partial charge in [-0.05, 0) is 17.2 Å². The Kier molecular flexibility index (Phi) is 3.86. The SMILES string of the molecule is c1ccc(C(c2cccnc2)N2CCOCC2)cc1. The molecule has 3 rings (SSSR count). The highest BCUT2D eigenvalue weighted by Crippen LogP contribution is 2.28. The van der Waals surface area contributed by atoms with Crippen LogP contribution in [0.5, 0.6) is 0 Å². The molecular weight excluding hydrogens is 236 g/mol. The first-order valence-electron chi connectivity index (χ1n) is 6.72. The van der Waals surface area contributed by atoms with Crippen LogP contribution in [0.25, 0.3) is 0 Å². The summed E-state index contributed by atoms with van der Waals surface area (Å²) < 4.78 is 5.46. The van der Waals surface area contributed by atoms with Crippen LogP contribution in [0, 0.1) is 0 Å². The van der Waals surface area contributed by atoms with E-state index in [0.717, 1.165) is 26.3 Å². The molecule has 0 saturated carbocycles. The number of hydrogen-bond donors (Lipinski definition) is 0. The van der Waals surface area contributed by atoms with Gasteiger partial charge in [0, 0.05) is 25.5 Å². The highest BCUT2D eigenvalue weighted by molar-refractivity contribution is 5.30. The predicted molar refractivity (Wildman–Crippen MR) is 74.9 cm³/mol. The second-order valence-electron chi connectivity index (χ2n) is 4.75. The molecule has 0 N–H and O–H groups in total. The van der Waals surface area contributed by atoms with Gasteiger partial charge in [0.05, 0.1) is 19.3 Å². The van der Waals surface area contributed by atoms with E-state index in [4.69, 9.17) is 4.74 Å². The minimum absolute atomic E-state index is 0.277. The molecule has 3 heteroatoms. The van der Waals surface area contributed by atoms with Gasteiger partial charge in [-0.15, -0.1) is 0 Å². The molecule has 1 saturated heterocycles. The van der Waals surface area contributed by atoms with Crippen molar-refractivity contribution in [3.8, 4) is 0 Å². The van der Waals surface area contributed by atoms with Gasteiger partial charge in [-0.25, -0.2) is 0 Å². The molecule has 0 spiro atoms. The molecule has 1 fully saturated rings. The standard InChI is InChI=1S/C16H18N2O/c1-2-5-14(6-3-1)16(15-7-4-8-17-13-15)18-9-11-19-12-10-18/h1-8,13,16H,9-12H2. The zero-order valence-corrected chi connectivity index (χ0v) is 10.9. The zero-order valence-electron chi connectivity index (χ0n) is 10.9. The van der Waals surface area contributed by atoms with Gasteiger partial charge in [0.15, 0.2) is 0 Å². The maximum atomic E-state index is 5.46. The molecule has 1 unspecified atom stereocenters. The van der Waals surface area contributed by atoms with Crippen molar-refractivity contribution < 1.29 is 4.74 Å². The van der Waals surface area contributed by atoms with Crippen LogP contribution in [0.15, 0.2) is 54.9 Å². The highest BCUT2D eigenvalue weighted by atomic mass is 16.5. The first-order chi connectivity index (χ1) is 9.45. The summed E-state index contributed by atoms with van der Waals surface area (Å²) in [5.74, 6) is 0. The molecule has 0 bridgehead atoms. The van der Waals surface area contributed by atoms with Crippen LogP contribution in [0.2, 0.25) is 0 Å². The summed E-state index contributed by atoms with van der Waals surface area (Å²) in [6, 6.07) is 15.1. The van der Waals surface area contributed by atoms with Gasteiger partial charge in [0.25, 0.3) is 0 Å². The molecule has 98 valence electrons. The summed E-state index contributed by atoms with van der Waals surface area (Å²) in [6.45, 7) is 3.55. The fourth-order valence-electron chi connectivity index (χ4n) is 2.62. The van der Waals surface area contributed by atoms with Crippen molar-refractivity contribution in [1.82, 2.24) is 9.88 Å². The van der Waals surface area contributed by atoms with E-state index in [9.17, 15) is 0 Å². The van der Waals surface area contributed by atoms with E-state index in [1.54, 1.807) is 0 Å². The summed E-state index contributed by atoms with van der Waals surface area (Å²) >= 11 is 0. The minimum Gasteiger partial charge on any atom is -0.379 e. The summed E-state index contributed by atoms with van der Waals surface area (Å²) in [7, 11) is 0. The van der Waals surface area contributed by atoms with Gasteiger partial charge in [-0.2, -0.15) is 0 Å². The second kappa shape index (κ2) is 5.95. The molecule has 1 aromatic heterocycles. The maximum Gasteiger partial charge on any atom is 0.0618 e. The number of ether oxygens (including phenoxy) is 1. The van der Waals surface area contributed by atoms with Crippen molar-refractivity contribution in [2.24, 2.45) is 0 Å². The normalized spacial score (nSPS) is 18.1. The number of rotatable bonds is 3. The highest BCUT2D eigenvalue weighted by Gasteiger charge is 2.23. The van der Waals surface area contributed by atoms with E-state index in [0.29, 0.717) is 0 Å². The molecule has 0 radical (unpaired) electrons. The smallest absolute Gasteiger partial charge is 0.0618 e. The minimum atomic E-state index is 0.277. The summed E-state index contributed by atoms with van der Waals surface area (Å²) in [6.07, 6.45) is 3.79. The topological polar surface area (TPSA) is 25.4 Å². The predicted octanol–water partition coefficient (Wildman–Crippen LogP) is 2.50. The van der Waals surface area contributed by atoms with E-state index in [1.807, 2.05) is 18.5 Å². The van der Waals surface area contributed by atoms with Crippen molar-refractivity contribution >= 4 is 0 Å². The van der Waals surface area contributed by atoms with Crippen molar-refractivity contribution in [3.63, 3.8) is 0 Å². The Morgan fingerprint density at radius 3 is 2.37 bits per heavy atom. The van der Waals surface area contributed by atoms with E-state index in [1.165, 1.54) is 11.1 Å². The largest absolute Gasteiger partial charge is 0.379 e. The average molecular weight is 254 g/mol. The zero-order chi connectivity index (χ0) is 12.9. The lowest BCUT2D eigenvalue weighted by atomic mass is 9.98. The molecule has 2 heterocycles. The Morgan fingerprint density at radius 1 is 0.947 bits per heavy atom. The molecule has 0 aliphatic carbocycles. The summed E-state index contributed by atoms with van der Waals surface area (Å²) in [5, 5.41) is 0. The van der Waals surface area contributed by atoms with E-state index in [2.05, 4.69) is 46.3 Å². The monoisotopic (exact) mass is 254 g/mol. The summed E-state index contributed by atoms with van der Waals surface area (Å²) in [5.41, 5.74) is 2.56. The molecule has 19 heavy (non-hydrogen) atoms. The number of nitrogens with zero attached hydrogens (tertiary/aromatic N) is 2. The van der Waals surface area contributed by atoms with E-state index < -0.39 is 0 Å². The van der Waals surface area contributed by atoms with Gasteiger partial charge < -0.3 is 4.74 Å². The van der Waals surface area contributed by atoms with Crippen LogP contribution in [0.1, 0.15) is 17.2 Å². The average Bonchev–Trinajstić information content (AvgIpc) is 2.51. The Morgan fingerprint density at radius 2 is 1.68 bits per heavy atom. The van der Waals surface area contributed by atoms with Crippen molar-refractivity contribution in [3.05, 3.63) is 66.0 Å². The molecule has 1 atom stereocenters. The third kappa shape index (κ3) is 2.83. The van der Waals surface area contributed by atoms with Crippen LogP contribution in [0.4, 0.5) is 0 Å². The third-order valence-electron chi connectivity index (χ3n) is 3.53. The molecule has 3 nitrogen and oxygen atoms in total. The van der Waals surface area contributed by atoms with E-state index >= 15 is 0 Å². The summed E-state index contributed by atoms with van der Waals surface area (Å²) in [4.78, 5) is 6.74. The van der Waals surface area contributed by atoms with Crippen molar-refractivity contribution in [1.29, 1.82) is 0 Å².